The van der Waals surface area contributed by atoms with Gasteiger partial charge in [-0.2, -0.15) is 0 Å². The number of amides is 2. The van der Waals surface area contributed by atoms with E-state index in [0.29, 0.717) is 11.1 Å². The minimum atomic E-state index is -0.126. The molecular weight excluding hydrogens is 350 g/mol. The van der Waals surface area contributed by atoms with Gasteiger partial charge in [-0.25, -0.2) is 0 Å². The summed E-state index contributed by atoms with van der Waals surface area (Å²) in [6.45, 7) is 0. The van der Waals surface area contributed by atoms with Gasteiger partial charge in [0.1, 0.15) is 0 Å². The lowest BCUT2D eigenvalue weighted by Crippen LogP contribution is -2.31. The largest absolute Gasteiger partial charge is 0.399 e. The molecule has 0 heterocycles. The third-order valence-corrected chi connectivity index (χ3v) is 4.59. The van der Waals surface area contributed by atoms with Crippen molar-refractivity contribution in [2.75, 3.05) is 19.8 Å². The first-order valence-corrected chi connectivity index (χ1v) is 8.46. The van der Waals surface area contributed by atoms with Crippen LogP contribution in [0.15, 0.2) is 42.5 Å². The van der Waals surface area contributed by atoms with Crippen LogP contribution in [0.25, 0.3) is 0 Å². The molecule has 3 N–H and O–H groups in total. The Bertz CT molecular complexity index is 803. The zero-order valence-corrected chi connectivity index (χ0v) is 15.8. The molecule has 5 nitrogen and oxygen atoms in total. The summed E-state index contributed by atoms with van der Waals surface area (Å²) in [7, 11) is 3.41. The van der Waals surface area contributed by atoms with E-state index in [1.807, 2.05) is 18.2 Å². The minimum absolute atomic E-state index is 0. The Morgan fingerprint density at radius 2 is 1.73 bits per heavy atom. The predicted octanol–water partition coefficient (Wildman–Crippen LogP) is 3.20. The normalized spacial score (nSPS) is 15.4. The first-order valence-electron chi connectivity index (χ1n) is 8.46. The minimum Gasteiger partial charge on any atom is -0.399 e. The Labute approximate surface area is 160 Å². The van der Waals surface area contributed by atoms with Gasteiger partial charge < -0.3 is 16.0 Å². The SMILES string of the molecule is CN(C)C(=O)c1ccc(C(=O)NC2CCCc3cc(N)ccc32)cc1.Cl. The topological polar surface area (TPSA) is 75.4 Å². The number of halogens is 1. The number of nitrogens with one attached hydrogen (secondary N) is 1. The molecular formula is C20H24ClN3O2. The Balaban J connectivity index is 0.00000243. The van der Waals surface area contributed by atoms with Gasteiger partial charge in [-0.05, 0) is 66.8 Å². The van der Waals surface area contributed by atoms with Crippen molar-refractivity contribution in [2.24, 2.45) is 0 Å². The number of nitrogens with two attached hydrogens (primary N) is 1. The van der Waals surface area contributed by atoms with Crippen molar-refractivity contribution in [3.8, 4) is 0 Å². The summed E-state index contributed by atoms with van der Waals surface area (Å²) in [6, 6.07) is 12.6. The summed E-state index contributed by atoms with van der Waals surface area (Å²) >= 11 is 0. The average Bonchev–Trinajstić information content (AvgIpc) is 2.61. The van der Waals surface area contributed by atoms with Crippen LogP contribution < -0.4 is 11.1 Å². The quantitative estimate of drug-likeness (QED) is 0.811. The third kappa shape index (κ3) is 4.17. The molecule has 0 radical (unpaired) electrons. The number of nitrogen functional groups attached to an aromatic ring is 1. The van der Waals surface area contributed by atoms with E-state index in [4.69, 9.17) is 5.73 Å². The number of aryl methyl sites for hydroxylation is 1. The van der Waals surface area contributed by atoms with Crippen molar-refractivity contribution in [3.63, 3.8) is 0 Å². The van der Waals surface area contributed by atoms with Crippen molar-refractivity contribution < 1.29 is 9.59 Å². The number of benzene rings is 2. The predicted molar refractivity (Wildman–Crippen MR) is 106 cm³/mol. The molecule has 0 spiro atoms. The number of hydrogen-bond donors (Lipinski definition) is 2. The van der Waals surface area contributed by atoms with Gasteiger partial charge in [0.15, 0.2) is 0 Å². The van der Waals surface area contributed by atoms with E-state index in [1.54, 1.807) is 38.4 Å². The highest BCUT2D eigenvalue weighted by Gasteiger charge is 2.22. The van der Waals surface area contributed by atoms with Gasteiger partial charge in [0.2, 0.25) is 0 Å². The first kappa shape index (κ1) is 19.8. The van der Waals surface area contributed by atoms with Crippen LogP contribution >= 0.6 is 12.4 Å². The summed E-state index contributed by atoms with van der Waals surface area (Å²) in [5.41, 5.74) is 10.1. The monoisotopic (exact) mass is 373 g/mol. The molecule has 1 atom stereocenters. The van der Waals surface area contributed by atoms with Gasteiger partial charge in [-0.15, -0.1) is 12.4 Å². The maximum atomic E-state index is 12.6. The van der Waals surface area contributed by atoms with Crippen LogP contribution in [0.2, 0.25) is 0 Å². The summed E-state index contributed by atoms with van der Waals surface area (Å²) in [6.07, 6.45) is 2.94. The van der Waals surface area contributed by atoms with Crippen molar-refractivity contribution in [1.29, 1.82) is 0 Å². The van der Waals surface area contributed by atoms with Crippen LogP contribution in [-0.2, 0) is 6.42 Å². The van der Waals surface area contributed by atoms with E-state index >= 15 is 0 Å². The molecule has 0 aliphatic heterocycles. The van der Waals surface area contributed by atoms with Gasteiger partial charge >= 0.3 is 0 Å². The number of carbonyl (C=O) groups excluding carboxylic acids is 2. The molecule has 6 heteroatoms. The van der Waals surface area contributed by atoms with Crippen LogP contribution in [0.5, 0.6) is 0 Å². The highest BCUT2D eigenvalue weighted by atomic mass is 35.5. The van der Waals surface area contributed by atoms with Crippen LogP contribution in [0, 0.1) is 0 Å². The van der Waals surface area contributed by atoms with Crippen molar-refractivity contribution >= 4 is 29.9 Å². The summed E-state index contributed by atoms with van der Waals surface area (Å²) in [4.78, 5) is 26.0. The molecule has 0 fully saturated rings. The number of nitrogens with zero attached hydrogens (tertiary/aromatic N) is 1. The lowest BCUT2D eigenvalue weighted by atomic mass is 9.87. The molecule has 1 aliphatic carbocycles. The second-order valence-corrected chi connectivity index (χ2v) is 6.65. The zero-order chi connectivity index (χ0) is 18.0. The van der Waals surface area contributed by atoms with Gasteiger partial charge in [-0.1, -0.05) is 6.07 Å². The Kier molecular flexibility index (Phi) is 6.27. The highest BCUT2D eigenvalue weighted by molar-refractivity contribution is 5.97. The van der Waals surface area contributed by atoms with Gasteiger partial charge in [-0.3, -0.25) is 9.59 Å². The molecule has 3 rings (SSSR count). The molecule has 2 aromatic carbocycles. The van der Waals surface area contributed by atoms with Crippen molar-refractivity contribution in [2.45, 2.75) is 25.3 Å². The van der Waals surface area contributed by atoms with Gasteiger partial charge in [0.25, 0.3) is 11.8 Å². The van der Waals surface area contributed by atoms with E-state index in [9.17, 15) is 9.59 Å². The maximum absolute atomic E-state index is 12.6. The smallest absolute Gasteiger partial charge is 0.253 e. The van der Waals surface area contributed by atoms with E-state index < -0.39 is 0 Å². The molecule has 0 saturated carbocycles. The van der Waals surface area contributed by atoms with Gasteiger partial charge in [0.05, 0.1) is 6.04 Å². The van der Waals surface area contributed by atoms with Crippen molar-refractivity contribution in [1.82, 2.24) is 10.2 Å². The first-order chi connectivity index (χ1) is 12.0. The number of carbonyl (C=O) groups is 2. The fourth-order valence-corrected chi connectivity index (χ4v) is 3.25. The number of rotatable bonds is 3. The fourth-order valence-electron chi connectivity index (χ4n) is 3.25. The molecule has 138 valence electrons. The van der Waals surface area contributed by atoms with Gasteiger partial charge in [0, 0.05) is 30.9 Å². The Hall–Kier alpha value is -2.53. The zero-order valence-electron chi connectivity index (χ0n) is 15.0. The van der Waals surface area contributed by atoms with Crippen LogP contribution in [0.3, 0.4) is 0 Å². The van der Waals surface area contributed by atoms with Crippen molar-refractivity contribution in [3.05, 3.63) is 64.7 Å². The molecule has 0 bridgehead atoms. The lowest BCUT2D eigenvalue weighted by molar-refractivity contribution is 0.0826. The molecule has 1 unspecified atom stereocenters. The molecule has 1 aliphatic rings. The lowest BCUT2D eigenvalue weighted by Gasteiger charge is -2.26. The van der Waals surface area contributed by atoms with E-state index in [2.05, 4.69) is 5.32 Å². The highest BCUT2D eigenvalue weighted by Crippen LogP contribution is 2.31. The molecule has 0 saturated heterocycles. The summed E-state index contributed by atoms with van der Waals surface area (Å²) in [5, 5.41) is 3.11. The Morgan fingerprint density at radius 1 is 1.08 bits per heavy atom. The van der Waals surface area contributed by atoms with E-state index in [1.165, 1.54) is 10.5 Å². The van der Waals surface area contributed by atoms with Crippen LogP contribution in [-0.4, -0.2) is 30.8 Å². The van der Waals surface area contributed by atoms with Crippen LogP contribution in [0.1, 0.15) is 50.7 Å². The number of hydrogen-bond acceptors (Lipinski definition) is 3. The fraction of sp³-hybridized carbons (Fsp3) is 0.300. The molecule has 0 aromatic heterocycles. The molecule has 2 aromatic rings. The third-order valence-electron chi connectivity index (χ3n) is 4.59. The maximum Gasteiger partial charge on any atom is 0.253 e. The second kappa shape index (κ2) is 8.23. The second-order valence-electron chi connectivity index (χ2n) is 6.65. The number of fused-ring (bicyclic) bond motifs is 1. The summed E-state index contributed by atoms with van der Waals surface area (Å²) in [5.74, 6) is -0.204. The average molecular weight is 374 g/mol. The standard InChI is InChI=1S/C20H23N3O2.ClH/c1-23(2)20(25)14-8-6-13(7-9-14)19(24)22-18-5-3-4-15-12-16(21)10-11-17(15)18;/h6-12,18H,3-5,21H2,1-2H3,(H,22,24);1H. The van der Waals surface area contributed by atoms with Crippen LogP contribution in [0.4, 0.5) is 5.69 Å². The Morgan fingerprint density at radius 3 is 2.38 bits per heavy atom. The van der Waals surface area contributed by atoms with E-state index in [-0.39, 0.29) is 30.3 Å². The van der Waals surface area contributed by atoms with E-state index in [0.717, 1.165) is 30.5 Å². The molecule has 26 heavy (non-hydrogen) atoms. The summed E-state index contributed by atoms with van der Waals surface area (Å²) < 4.78 is 0. The number of anilines is 1. The molecule has 2 amide bonds.